The minimum atomic E-state index is -4.57. The van der Waals surface area contributed by atoms with Crippen LogP contribution in [0.2, 0.25) is 0 Å². The molecular formula is C55H45F3N2O5. The Morgan fingerprint density at radius 1 is 0.600 bits per heavy atom. The molecule has 3 aliphatic heterocycles. The number of ether oxygens (including phenoxy) is 5. The highest BCUT2D eigenvalue weighted by Crippen LogP contribution is 2.67. The van der Waals surface area contributed by atoms with Gasteiger partial charge in [0, 0.05) is 53.9 Å². The highest BCUT2D eigenvalue weighted by Gasteiger charge is 2.55. The van der Waals surface area contributed by atoms with Crippen LogP contribution in [0.5, 0.6) is 17.2 Å². The standard InChI is InChI=1S/C55H45F3N2O5/c1-61-38-18-13-35(14-19-38)53(34-11-16-37(17-12-34)59-23-27-63-28-24-59)22-21-42-51-50(43-32-48(60-25-29-64-30-26-60)49(62-2)33-44(43)52(42)65-53)41-20-15-36(55(56,57)58)31-47(41)54(51)45-9-5-3-7-39(45)40-8-4-6-10-46(40)54/h3-22,31-33H,23-30H2,1-2H3. The van der Waals surface area contributed by atoms with E-state index in [1.165, 1.54) is 12.1 Å². The number of rotatable bonds is 6. The van der Waals surface area contributed by atoms with E-state index in [0.29, 0.717) is 62.3 Å². The van der Waals surface area contributed by atoms with Crippen LogP contribution < -0.4 is 24.0 Å². The summed E-state index contributed by atoms with van der Waals surface area (Å²) in [6, 6.07) is 41.4. The SMILES string of the molecule is COc1ccc(C2(c3ccc(N4CCOCC4)cc3)C=Cc3c4c(c5cc(N6CCOCC6)c(OC)cc5c3O2)-c2ccc(C(F)(F)F)cc2C42c3ccccc3-c3ccccc32)cc1. The van der Waals surface area contributed by atoms with E-state index < -0.39 is 22.8 Å². The van der Waals surface area contributed by atoms with Crippen LogP contribution in [0.4, 0.5) is 24.5 Å². The number of hydrogen-bond donors (Lipinski definition) is 0. The van der Waals surface area contributed by atoms with Gasteiger partial charge < -0.3 is 33.5 Å². The summed E-state index contributed by atoms with van der Waals surface area (Å²) in [6.07, 6.45) is -0.294. The summed E-state index contributed by atoms with van der Waals surface area (Å²) in [6.45, 7) is 5.39. The van der Waals surface area contributed by atoms with E-state index in [2.05, 4.69) is 82.6 Å². The minimum absolute atomic E-state index is 0.561. The van der Waals surface area contributed by atoms with Crippen molar-refractivity contribution in [2.24, 2.45) is 0 Å². The normalized spacial score (nSPS) is 19.0. The molecule has 65 heavy (non-hydrogen) atoms. The summed E-state index contributed by atoms with van der Waals surface area (Å²) in [5.74, 6) is 2.00. The summed E-state index contributed by atoms with van der Waals surface area (Å²) in [7, 11) is 3.33. The third kappa shape index (κ3) is 5.82. The number of alkyl halides is 3. The summed E-state index contributed by atoms with van der Waals surface area (Å²) < 4.78 is 76.2. The van der Waals surface area contributed by atoms with Crippen molar-refractivity contribution in [3.05, 3.63) is 178 Å². The fourth-order valence-corrected chi connectivity index (χ4v) is 11.3. The quantitative estimate of drug-likeness (QED) is 0.165. The van der Waals surface area contributed by atoms with Crippen LogP contribution >= 0.6 is 0 Å². The molecule has 2 saturated heterocycles. The van der Waals surface area contributed by atoms with Crippen LogP contribution in [0.25, 0.3) is 39.1 Å². The zero-order chi connectivity index (χ0) is 44.1. The molecule has 12 rings (SSSR count). The Kier molecular flexibility index (Phi) is 9.13. The van der Waals surface area contributed by atoms with Gasteiger partial charge in [-0.3, -0.25) is 0 Å². The van der Waals surface area contributed by atoms with Crippen molar-refractivity contribution in [1.82, 2.24) is 0 Å². The van der Waals surface area contributed by atoms with Crippen molar-refractivity contribution in [2.75, 3.05) is 76.6 Å². The number of fused-ring (bicyclic) bond motifs is 15. The van der Waals surface area contributed by atoms with E-state index in [0.717, 1.165) is 90.9 Å². The topological polar surface area (TPSA) is 52.6 Å². The second-order valence-electron chi connectivity index (χ2n) is 17.3. The Hall–Kier alpha value is -6.75. The summed E-state index contributed by atoms with van der Waals surface area (Å²) in [4.78, 5) is 4.60. The number of halogens is 3. The first-order valence-corrected chi connectivity index (χ1v) is 22.2. The molecule has 3 heterocycles. The molecule has 326 valence electrons. The van der Waals surface area contributed by atoms with Gasteiger partial charge in [-0.25, -0.2) is 0 Å². The first kappa shape index (κ1) is 39.8. The van der Waals surface area contributed by atoms with E-state index in [4.69, 9.17) is 23.7 Å². The second-order valence-corrected chi connectivity index (χ2v) is 17.3. The van der Waals surface area contributed by atoms with Crippen molar-refractivity contribution < 1.29 is 36.9 Å². The molecule has 0 amide bonds. The van der Waals surface area contributed by atoms with Gasteiger partial charge in [-0.15, -0.1) is 0 Å². The molecule has 0 N–H and O–H groups in total. The zero-order valence-electron chi connectivity index (χ0n) is 36.0. The van der Waals surface area contributed by atoms with Crippen molar-refractivity contribution in [3.63, 3.8) is 0 Å². The maximum absolute atomic E-state index is 15.0. The number of benzene rings is 7. The van der Waals surface area contributed by atoms with Crippen molar-refractivity contribution in [1.29, 1.82) is 0 Å². The molecule has 0 saturated carbocycles. The molecule has 1 unspecified atom stereocenters. The smallest absolute Gasteiger partial charge is 0.416 e. The Labute approximate surface area is 375 Å². The molecule has 1 spiro atoms. The molecule has 0 bridgehead atoms. The van der Waals surface area contributed by atoms with Gasteiger partial charge in [-0.1, -0.05) is 84.9 Å². The molecule has 2 aliphatic carbocycles. The number of hydrogen-bond acceptors (Lipinski definition) is 7. The predicted octanol–water partition coefficient (Wildman–Crippen LogP) is 11.2. The van der Waals surface area contributed by atoms with Crippen LogP contribution in [-0.2, 0) is 26.7 Å². The van der Waals surface area contributed by atoms with Crippen LogP contribution in [0.15, 0.2) is 133 Å². The molecule has 7 nitrogen and oxygen atoms in total. The highest BCUT2D eigenvalue weighted by atomic mass is 19.4. The number of methoxy groups -OCH3 is 2. The van der Waals surface area contributed by atoms with Gasteiger partial charge in [-0.2, -0.15) is 13.2 Å². The highest BCUT2D eigenvalue weighted by molar-refractivity contribution is 6.12. The first-order valence-electron chi connectivity index (χ1n) is 22.2. The maximum atomic E-state index is 15.0. The Morgan fingerprint density at radius 3 is 1.83 bits per heavy atom. The van der Waals surface area contributed by atoms with E-state index in [-0.39, 0.29) is 0 Å². The zero-order valence-corrected chi connectivity index (χ0v) is 36.0. The van der Waals surface area contributed by atoms with E-state index >= 15 is 13.2 Å². The molecule has 0 aromatic heterocycles. The third-order valence-corrected chi connectivity index (χ3v) is 14.2. The Bertz CT molecular complexity index is 3020. The molecule has 5 aliphatic rings. The summed E-state index contributed by atoms with van der Waals surface area (Å²) >= 11 is 0. The molecular weight excluding hydrogens is 826 g/mol. The average Bonchev–Trinajstić information content (AvgIpc) is 3.84. The van der Waals surface area contributed by atoms with Crippen molar-refractivity contribution in [2.45, 2.75) is 17.2 Å². The average molecular weight is 871 g/mol. The number of morpholine rings is 2. The maximum Gasteiger partial charge on any atom is 0.416 e. The van der Waals surface area contributed by atoms with E-state index in [1.54, 1.807) is 20.3 Å². The largest absolute Gasteiger partial charge is 0.497 e. The Morgan fingerprint density at radius 2 is 1.22 bits per heavy atom. The van der Waals surface area contributed by atoms with Crippen LogP contribution in [0.1, 0.15) is 44.5 Å². The molecule has 1 atom stereocenters. The van der Waals surface area contributed by atoms with Crippen molar-refractivity contribution >= 4 is 28.2 Å². The molecule has 10 heteroatoms. The lowest BCUT2D eigenvalue weighted by molar-refractivity contribution is -0.137. The predicted molar refractivity (Wildman–Crippen MR) is 248 cm³/mol. The fourth-order valence-electron chi connectivity index (χ4n) is 11.3. The van der Waals surface area contributed by atoms with E-state index in [9.17, 15) is 0 Å². The monoisotopic (exact) mass is 870 g/mol. The minimum Gasteiger partial charge on any atom is -0.497 e. The lowest BCUT2D eigenvalue weighted by atomic mass is 9.68. The van der Waals surface area contributed by atoms with E-state index in [1.807, 2.05) is 48.5 Å². The number of nitrogens with zero attached hydrogens (tertiary/aromatic N) is 2. The van der Waals surface area contributed by atoms with Gasteiger partial charge in [-0.05, 0) is 105 Å². The second kappa shape index (κ2) is 14.9. The first-order chi connectivity index (χ1) is 31.7. The van der Waals surface area contributed by atoms with Gasteiger partial charge in [0.05, 0.1) is 57.3 Å². The summed E-state index contributed by atoms with van der Waals surface area (Å²) in [5, 5.41) is 1.66. The van der Waals surface area contributed by atoms with Gasteiger partial charge in [0.15, 0.2) is 5.60 Å². The van der Waals surface area contributed by atoms with Gasteiger partial charge in [0.2, 0.25) is 0 Å². The fraction of sp³-hybridized carbons (Fsp3) is 0.236. The molecule has 2 fully saturated rings. The third-order valence-electron chi connectivity index (χ3n) is 14.2. The van der Waals surface area contributed by atoms with Crippen LogP contribution in [-0.4, -0.2) is 66.8 Å². The van der Waals surface area contributed by atoms with Gasteiger partial charge in [0.25, 0.3) is 0 Å². The lowest BCUT2D eigenvalue weighted by Gasteiger charge is -2.40. The van der Waals surface area contributed by atoms with Gasteiger partial charge >= 0.3 is 6.18 Å². The molecule has 7 aromatic carbocycles. The van der Waals surface area contributed by atoms with Crippen LogP contribution in [0, 0.1) is 0 Å². The van der Waals surface area contributed by atoms with Crippen molar-refractivity contribution in [3.8, 4) is 39.5 Å². The Balaban J connectivity index is 1.20. The lowest BCUT2D eigenvalue weighted by Crippen LogP contribution is -2.37. The van der Waals surface area contributed by atoms with Crippen LogP contribution in [0.3, 0.4) is 0 Å². The molecule has 7 aromatic rings. The molecule has 0 radical (unpaired) electrons. The summed E-state index contributed by atoms with van der Waals surface area (Å²) in [5.41, 5.74) is 8.62. The number of anilines is 2. The van der Waals surface area contributed by atoms with Gasteiger partial charge in [0.1, 0.15) is 17.2 Å².